The van der Waals surface area contributed by atoms with Crippen LogP contribution in [0.5, 0.6) is 0 Å². The average molecular weight is 463 g/mol. The molecule has 2 N–H and O–H groups in total. The summed E-state index contributed by atoms with van der Waals surface area (Å²) in [5, 5.41) is 6.30. The monoisotopic (exact) mass is 462 g/mol. The molecule has 0 aliphatic carbocycles. The first-order valence-electron chi connectivity index (χ1n) is 9.90. The number of carbonyl (C=O) groups is 3. The van der Waals surface area contributed by atoms with E-state index in [1.54, 1.807) is 25.2 Å². The van der Waals surface area contributed by atoms with Crippen molar-refractivity contribution in [1.29, 1.82) is 0 Å². The average Bonchev–Trinajstić information content (AvgIpc) is 3.28. The summed E-state index contributed by atoms with van der Waals surface area (Å²) >= 11 is 1.42. The summed E-state index contributed by atoms with van der Waals surface area (Å²) in [5.74, 6) is -0.768. The lowest BCUT2D eigenvalue weighted by Crippen LogP contribution is -2.72. The summed E-state index contributed by atoms with van der Waals surface area (Å²) in [6, 6.07) is 8.83. The molecule has 0 bridgehead atoms. The summed E-state index contributed by atoms with van der Waals surface area (Å²) in [6.07, 6.45) is -0.967. The second-order valence-electron chi connectivity index (χ2n) is 7.57. The van der Waals surface area contributed by atoms with Crippen LogP contribution in [0.2, 0.25) is 0 Å². The quantitative estimate of drug-likeness (QED) is 0.652. The number of thioether (sulfide) groups is 1. The van der Waals surface area contributed by atoms with Gasteiger partial charge in [-0.05, 0) is 29.8 Å². The molecule has 4 unspecified atom stereocenters. The highest BCUT2D eigenvalue weighted by Crippen LogP contribution is 2.35. The molecule has 32 heavy (non-hydrogen) atoms. The van der Waals surface area contributed by atoms with Crippen molar-refractivity contribution >= 4 is 29.7 Å². The number of methoxy groups -OCH3 is 1. The number of hydrogen-bond acceptors (Lipinski definition) is 8. The molecule has 4 atom stereocenters. The highest BCUT2D eigenvalue weighted by Gasteiger charge is 2.51. The van der Waals surface area contributed by atoms with E-state index in [0.717, 1.165) is 10.5 Å². The molecule has 4 rings (SSSR count). The summed E-state index contributed by atoms with van der Waals surface area (Å²) < 4.78 is 23.6. The van der Waals surface area contributed by atoms with Gasteiger partial charge in [0.25, 0.3) is 0 Å². The number of fused-ring (bicyclic) bond motifs is 1. The van der Waals surface area contributed by atoms with E-state index in [-0.39, 0.29) is 17.5 Å². The van der Waals surface area contributed by atoms with Crippen molar-refractivity contribution in [3.63, 3.8) is 0 Å². The molecular formula is C21H23FN4O5S. The van der Waals surface area contributed by atoms with Crippen LogP contribution in [0.15, 0.2) is 40.8 Å². The number of benzene rings is 1. The Kier molecular flexibility index (Phi) is 6.22. The maximum absolute atomic E-state index is 13.4. The molecule has 2 fully saturated rings. The topological polar surface area (TPSA) is 104 Å². The Morgan fingerprint density at radius 1 is 1.16 bits per heavy atom. The van der Waals surface area contributed by atoms with E-state index < -0.39 is 35.6 Å². The van der Waals surface area contributed by atoms with Crippen LogP contribution in [0.25, 0.3) is 0 Å². The molecule has 1 aromatic heterocycles. The van der Waals surface area contributed by atoms with E-state index in [9.17, 15) is 18.8 Å². The third-order valence-corrected chi connectivity index (χ3v) is 6.85. The van der Waals surface area contributed by atoms with Crippen molar-refractivity contribution in [3.05, 3.63) is 59.3 Å². The lowest BCUT2D eigenvalue weighted by molar-refractivity contribution is -0.140. The zero-order valence-corrected chi connectivity index (χ0v) is 18.5. The Balaban J connectivity index is 1.58. The minimum absolute atomic E-state index is 0.0993. The van der Waals surface area contributed by atoms with Crippen LogP contribution in [-0.4, -0.2) is 60.5 Å². The predicted molar refractivity (Wildman–Crippen MR) is 114 cm³/mol. The summed E-state index contributed by atoms with van der Waals surface area (Å²) in [6.45, 7) is 0. The second kappa shape index (κ2) is 8.93. The number of furan rings is 1. The first-order valence-corrected chi connectivity index (χ1v) is 11.0. The van der Waals surface area contributed by atoms with Crippen LogP contribution < -0.4 is 10.6 Å². The summed E-state index contributed by atoms with van der Waals surface area (Å²) in [4.78, 5) is 39.8. The minimum Gasteiger partial charge on any atom is -0.463 e. The maximum atomic E-state index is 13.4. The molecule has 0 radical (unpaired) electrons. The van der Waals surface area contributed by atoms with Gasteiger partial charge in [-0.25, -0.2) is 14.0 Å². The molecule has 2 saturated heterocycles. The van der Waals surface area contributed by atoms with Gasteiger partial charge in [-0.1, -0.05) is 12.1 Å². The Bertz CT molecular complexity index is 1030. The Hall–Kier alpha value is -2.89. The van der Waals surface area contributed by atoms with E-state index in [1.165, 1.54) is 49.0 Å². The first kappa shape index (κ1) is 22.3. The Labute approximate surface area is 188 Å². The molecule has 2 aromatic rings. The van der Waals surface area contributed by atoms with Gasteiger partial charge in [0.1, 0.15) is 11.6 Å². The van der Waals surface area contributed by atoms with Crippen molar-refractivity contribution in [3.8, 4) is 0 Å². The van der Waals surface area contributed by atoms with Crippen LogP contribution in [0.1, 0.15) is 28.0 Å². The molecule has 1 aromatic carbocycles. The number of imide groups is 1. The van der Waals surface area contributed by atoms with Crippen molar-refractivity contribution < 1.29 is 27.9 Å². The fourth-order valence-electron chi connectivity index (χ4n) is 3.88. The molecular weight excluding hydrogens is 439 g/mol. The number of rotatable bonds is 5. The SMILES string of the molecule is COC(=O)c1ccc(CSC2NC(c3ccc(F)cc3)NC3C2C(=O)N(C)C(=O)N3C)o1. The second-order valence-corrected chi connectivity index (χ2v) is 8.70. The predicted octanol–water partition coefficient (Wildman–Crippen LogP) is 2.12. The molecule has 0 spiro atoms. The highest BCUT2D eigenvalue weighted by atomic mass is 32.2. The van der Waals surface area contributed by atoms with E-state index in [4.69, 9.17) is 4.42 Å². The number of hydrogen-bond donors (Lipinski definition) is 2. The third kappa shape index (κ3) is 4.10. The maximum Gasteiger partial charge on any atom is 0.373 e. The zero-order valence-electron chi connectivity index (χ0n) is 17.7. The number of halogens is 1. The third-order valence-electron chi connectivity index (χ3n) is 5.61. The number of nitrogens with one attached hydrogen (secondary N) is 2. The lowest BCUT2D eigenvalue weighted by Gasteiger charge is -2.50. The number of carbonyl (C=O) groups excluding carboxylic acids is 3. The fourth-order valence-corrected chi connectivity index (χ4v) is 5.09. The van der Waals surface area contributed by atoms with Gasteiger partial charge in [-0.3, -0.25) is 20.3 Å². The molecule has 9 nitrogen and oxygen atoms in total. The van der Waals surface area contributed by atoms with Gasteiger partial charge >= 0.3 is 12.0 Å². The van der Waals surface area contributed by atoms with Crippen molar-refractivity contribution in [2.45, 2.75) is 23.5 Å². The Morgan fingerprint density at radius 2 is 1.88 bits per heavy atom. The van der Waals surface area contributed by atoms with Crippen LogP contribution in [0, 0.1) is 11.7 Å². The van der Waals surface area contributed by atoms with Gasteiger partial charge in [-0.15, -0.1) is 11.8 Å². The normalized spacial score (nSPS) is 25.6. The van der Waals surface area contributed by atoms with Crippen LogP contribution in [0.4, 0.5) is 9.18 Å². The molecule has 3 amide bonds. The highest BCUT2D eigenvalue weighted by molar-refractivity contribution is 7.99. The number of esters is 1. The molecule has 2 aliphatic heterocycles. The summed E-state index contributed by atoms with van der Waals surface area (Å²) in [5.41, 5.74) is 0.772. The first-order chi connectivity index (χ1) is 15.3. The van der Waals surface area contributed by atoms with Gasteiger partial charge in [0, 0.05) is 14.1 Å². The van der Waals surface area contributed by atoms with Crippen LogP contribution in [0.3, 0.4) is 0 Å². The number of amides is 3. The van der Waals surface area contributed by atoms with Gasteiger partial charge in [0.2, 0.25) is 11.7 Å². The minimum atomic E-state index is -0.570. The standard InChI is InChI=1S/C21H23FN4O5S/c1-25-17-15(19(27)26(2)21(25)29)18(24-16(23-17)11-4-6-12(22)7-5-11)32-10-13-8-9-14(31-13)20(28)30-3/h4-9,15-18,23-24H,10H2,1-3H3. The zero-order chi connectivity index (χ0) is 23.0. The van der Waals surface area contributed by atoms with Gasteiger partial charge in [0.05, 0.1) is 36.5 Å². The van der Waals surface area contributed by atoms with Crippen LogP contribution in [-0.2, 0) is 15.3 Å². The van der Waals surface area contributed by atoms with Gasteiger partial charge < -0.3 is 14.1 Å². The number of ether oxygens (including phenoxy) is 1. The van der Waals surface area contributed by atoms with Crippen molar-refractivity contribution in [2.75, 3.05) is 21.2 Å². The van der Waals surface area contributed by atoms with Gasteiger partial charge in [0.15, 0.2) is 0 Å². The Morgan fingerprint density at radius 3 is 2.56 bits per heavy atom. The van der Waals surface area contributed by atoms with E-state index in [2.05, 4.69) is 15.4 Å². The molecule has 0 saturated carbocycles. The molecule has 11 heteroatoms. The largest absolute Gasteiger partial charge is 0.463 e. The van der Waals surface area contributed by atoms with Crippen molar-refractivity contribution in [2.24, 2.45) is 5.92 Å². The smallest absolute Gasteiger partial charge is 0.373 e. The van der Waals surface area contributed by atoms with E-state index in [1.807, 2.05) is 0 Å². The number of urea groups is 1. The lowest BCUT2D eigenvalue weighted by atomic mass is 9.96. The molecule has 2 aliphatic rings. The van der Waals surface area contributed by atoms with E-state index >= 15 is 0 Å². The fraction of sp³-hybridized carbons (Fsp3) is 0.381. The van der Waals surface area contributed by atoms with Crippen LogP contribution >= 0.6 is 11.8 Å². The van der Waals surface area contributed by atoms with Gasteiger partial charge in [-0.2, -0.15) is 0 Å². The summed E-state index contributed by atoms with van der Waals surface area (Å²) in [7, 11) is 4.37. The van der Waals surface area contributed by atoms with E-state index in [0.29, 0.717) is 11.5 Å². The number of nitrogens with zero attached hydrogens (tertiary/aromatic N) is 2. The van der Waals surface area contributed by atoms with Crippen molar-refractivity contribution in [1.82, 2.24) is 20.4 Å². The molecule has 3 heterocycles. The molecule has 170 valence electrons.